The van der Waals surface area contributed by atoms with E-state index in [9.17, 15) is 13.6 Å². The van der Waals surface area contributed by atoms with Gasteiger partial charge >= 0.3 is 0 Å². The molecule has 1 saturated heterocycles. The minimum atomic E-state index is -2.42. The lowest BCUT2D eigenvalue weighted by molar-refractivity contribution is -0.120. The SMILES string of the molecule is O=C(Nc1cccc(Cl)c1SCC(F)F)C1CCCNC1. The van der Waals surface area contributed by atoms with Crippen LogP contribution in [0.25, 0.3) is 0 Å². The van der Waals surface area contributed by atoms with E-state index in [2.05, 4.69) is 10.6 Å². The Hall–Kier alpha value is -0.850. The first-order valence-electron chi connectivity index (χ1n) is 6.79. The molecule has 1 aliphatic rings. The first kappa shape index (κ1) is 16.5. The summed E-state index contributed by atoms with van der Waals surface area (Å²) in [6, 6.07) is 5.02. The van der Waals surface area contributed by atoms with Crippen molar-refractivity contribution >= 4 is 35.0 Å². The van der Waals surface area contributed by atoms with E-state index >= 15 is 0 Å². The van der Waals surface area contributed by atoms with Gasteiger partial charge in [0, 0.05) is 11.4 Å². The molecule has 2 N–H and O–H groups in total. The molecule has 1 atom stereocenters. The van der Waals surface area contributed by atoms with Crippen LogP contribution in [0.1, 0.15) is 12.8 Å². The highest BCUT2D eigenvalue weighted by Gasteiger charge is 2.22. The summed E-state index contributed by atoms with van der Waals surface area (Å²) in [6.07, 6.45) is -0.628. The van der Waals surface area contributed by atoms with Crippen molar-refractivity contribution in [2.75, 3.05) is 24.2 Å². The van der Waals surface area contributed by atoms with E-state index in [1.165, 1.54) is 0 Å². The summed E-state index contributed by atoms with van der Waals surface area (Å²) in [5, 5.41) is 6.37. The van der Waals surface area contributed by atoms with Gasteiger partial charge < -0.3 is 10.6 Å². The molecule has 1 aliphatic heterocycles. The lowest BCUT2D eigenvalue weighted by Crippen LogP contribution is -2.37. The first-order chi connectivity index (χ1) is 10.1. The minimum absolute atomic E-state index is 0.0920. The van der Waals surface area contributed by atoms with Crippen LogP contribution < -0.4 is 10.6 Å². The zero-order valence-electron chi connectivity index (χ0n) is 11.4. The second-order valence-corrected chi connectivity index (χ2v) is 6.29. The average molecular weight is 335 g/mol. The number of hydrogen-bond donors (Lipinski definition) is 2. The molecule has 3 nitrogen and oxygen atoms in total. The standard InChI is InChI=1S/C14H17ClF2N2OS/c15-10-4-1-5-11(13(10)21-8-12(16)17)19-14(20)9-3-2-6-18-7-9/h1,4-5,9,12,18H,2-3,6-8H2,(H,19,20). The lowest BCUT2D eigenvalue weighted by Gasteiger charge is -2.22. The number of alkyl halides is 2. The van der Waals surface area contributed by atoms with Crippen LogP contribution >= 0.6 is 23.4 Å². The molecule has 1 aromatic carbocycles. The van der Waals surface area contributed by atoms with Crippen molar-refractivity contribution in [2.24, 2.45) is 5.92 Å². The van der Waals surface area contributed by atoms with Crippen molar-refractivity contribution in [2.45, 2.75) is 24.2 Å². The molecule has 0 saturated carbocycles. The third-order valence-electron chi connectivity index (χ3n) is 3.25. The topological polar surface area (TPSA) is 41.1 Å². The van der Waals surface area contributed by atoms with Gasteiger partial charge in [-0.2, -0.15) is 0 Å². The summed E-state index contributed by atoms with van der Waals surface area (Å²) >= 11 is 7.01. The predicted octanol–water partition coefficient (Wildman–Crippen LogP) is 3.64. The fraction of sp³-hybridized carbons (Fsp3) is 0.500. The Labute approximate surface area is 131 Å². The van der Waals surface area contributed by atoms with E-state index in [1.807, 2.05) is 0 Å². The largest absolute Gasteiger partial charge is 0.325 e. The van der Waals surface area contributed by atoms with Crippen molar-refractivity contribution in [3.05, 3.63) is 23.2 Å². The third-order valence-corrected chi connectivity index (χ3v) is 4.82. The second-order valence-electron chi connectivity index (χ2n) is 4.85. The maximum atomic E-state index is 12.4. The number of halogens is 3. The number of nitrogens with one attached hydrogen (secondary N) is 2. The van der Waals surface area contributed by atoms with Gasteiger partial charge in [0.25, 0.3) is 0 Å². The molecule has 1 unspecified atom stereocenters. The number of anilines is 1. The number of amides is 1. The number of benzene rings is 1. The van der Waals surface area contributed by atoms with Gasteiger partial charge in [-0.05, 0) is 31.5 Å². The quantitative estimate of drug-likeness (QED) is 0.808. The monoisotopic (exact) mass is 334 g/mol. The number of hydrogen-bond acceptors (Lipinski definition) is 3. The number of piperidine rings is 1. The van der Waals surface area contributed by atoms with Crippen molar-refractivity contribution in [3.63, 3.8) is 0 Å². The highest BCUT2D eigenvalue weighted by molar-refractivity contribution is 7.99. The Bertz CT molecular complexity index is 496. The molecule has 1 aromatic rings. The van der Waals surface area contributed by atoms with Gasteiger partial charge in [-0.1, -0.05) is 17.7 Å². The fourth-order valence-corrected chi connectivity index (χ4v) is 3.32. The molecule has 2 rings (SSSR count). The molecule has 0 bridgehead atoms. The van der Waals surface area contributed by atoms with Crippen molar-refractivity contribution in [1.82, 2.24) is 5.32 Å². The second kappa shape index (κ2) is 7.96. The van der Waals surface area contributed by atoms with E-state index in [0.29, 0.717) is 22.2 Å². The normalized spacial score (nSPS) is 18.8. The minimum Gasteiger partial charge on any atom is -0.325 e. The zero-order valence-corrected chi connectivity index (χ0v) is 12.9. The van der Waals surface area contributed by atoms with Crippen LogP contribution in [0.2, 0.25) is 5.02 Å². The molecule has 116 valence electrons. The van der Waals surface area contributed by atoms with Crippen molar-refractivity contribution < 1.29 is 13.6 Å². The van der Waals surface area contributed by atoms with Crippen LogP contribution in [0.4, 0.5) is 14.5 Å². The van der Waals surface area contributed by atoms with Gasteiger partial charge in [0.2, 0.25) is 12.3 Å². The van der Waals surface area contributed by atoms with Gasteiger partial charge in [-0.25, -0.2) is 8.78 Å². The molecule has 7 heteroatoms. The summed E-state index contributed by atoms with van der Waals surface area (Å²) in [7, 11) is 0. The molecule has 1 amide bonds. The number of rotatable bonds is 5. The summed E-state index contributed by atoms with van der Waals surface area (Å²) in [4.78, 5) is 12.7. The third kappa shape index (κ3) is 4.83. The Morgan fingerprint density at radius 2 is 2.33 bits per heavy atom. The van der Waals surface area contributed by atoms with Crippen LogP contribution in [-0.4, -0.2) is 31.2 Å². The molecule has 1 heterocycles. The number of thioether (sulfide) groups is 1. The van der Waals surface area contributed by atoms with Crippen molar-refractivity contribution in [3.8, 4) is 0 Å². The molecule has 1 fully saturated rings. The van der Waals surface area contributed by atoms with Gasteiger partial charge in [0.1, 0.15) is 0 Å². The van der Waals surface area contributed by atoms with Gasteiger partial charge in [0.05, 0.1) is 22.4 Å². The Morgan fingerprint density at radius 1 is 1.52 bits per heavy atom. The van der Waals surface area contributed by atoms with Crippen LogP contribution in [0.3, 0.4) is 0 Å². The zero-order chi connectivity index (χ0) is 15.2. The Morgan fingerprint density at radius 3 is 3.00 bits per heavy atom. The van der Waals surface area contributed by atoms with E-state index in [-0.39, 0.29) is 17.6 Å². The van der Waals surface area contributed by atoms with E-state index < -0.39 is 6.43 Å². The van der Waals surface area contributed by atoms with Crippen LogP contribution in [0, 0.1) is 5.92 Å². The van der Waals surface area contributed by atoms with Gasteiger partial charge in [0.15, 0.2) is 0 Å². The maximum absolute atomic E-state index is 12.4. The average Bonchev–Trinajstić information content (AvgIpc) is 2.47. The lowest BCUT2D eigenvalue weighted by atomic mass is 9.99. The van der Waals surface area contributed by atoms with E-state index in [4.69, 9.17) is 11.6 Å². The van der Waals surface area contributed by atoms with Gasteiger partial charge in [-0.3, -0.25) is 4.79 Å². The number of carbonyl (C=O) groups is 1. The van der Waals surface area contributed by atoms with E-state index in [1.54, 1.807) is 18.2 Å². The van der Waals surface area contributed by atoms with Crippen LogP contribution in [0.5, 0.6) is 0 Å². The summed E-state index contributed by atoms with van der Waals surface area (Å²) in [6.45, 7) is 1.57. The molecule has 0 aliphatic carbocycles. The molecular formula is C14H17ClF2N2OS. The van der Waals surface area contributed by atoms with Crippen molar-refractivity contribution in [1.29, 1.82) is 0 Å². The molecule has 21 heavy (non-hydrogen) atoms. The summed E-state index contributed by atoms with van der Waals surface area (Å²) < 4.78 is 24.8. The number of carbonyl (C=O) groups excluding carboxylic acids is 1. The van der Waals surface area contributed by atoms with Gasteiger partial charge in [-0.15, -0.1) is 11.8 Å². The molecule has 0 aromatic heterocycles. The fourth-order valence-electron chi connectivity index (χ4n) is 2.21. The highest BCUT2D eigenvalue weighted by atomic mass is 35.5. The predicted molar refractivity (Wildman–Crippen MR) is 82.4 cm³/mol. The summed E-state index contributed by atoms with van der Waals surface area (Å²) in [5.74, 6) is -0.536. The Balaban J connectivity index is 2.07. The van der Waals surface area contributed by atoms with E-state index in [0.717, 1.165) is 31.1 Å². The van der Waals surface area contributed by atoms with Crippen LogP contribution in [0.15, 0.2) is 23.1 Å². The first-order valence-corrected chi connectivity index (χ1v) is 8.15. The Kier molecular flexibility index (Phi) is 6.26. The molecule has 0 radical (unpaired) electrons. The summed E-state index contributed by atoms with van der Waals surface area (Å²) in [5.41, 5.74) is 0.503. The molecular weight excluding hydrogens is 318 g/mol. The highest BCUT2D eigenvalue weighted by Crippen LogP contribution is 2.35. The maximum Gasteiger partial charge on any atom is 0.247 e. The smallest absolute Gasteiger partial charge is 0.247 e. The van der Waals surface area contributed by atoms with Crippen LogP contribution in [-0.2, 0) is 4.79 Å². The molecule has 0 spiro atoms.